The molecular weight excluding hydrogens is 675 g/mol. The van der Waals surface area contributed by atoms with Crippen molar-refractivity contribution in [3.05, 3.63) is 81.6 Å². The molecule has 1 aliphatic heterocycles. The Hall–Kier alpha value is -3.29. The summed E-state index contributed by atoms with van der Waals surface area (Å²) in [6.45, 7) is 0.0558. The van der Waals surface area contributed by atoms with Crippen LogP contribution in [0.3, 0.4) is 0 Å². The van der Waals surface area contributed by atoms with E-state index in [-0.39, 0.29) is 31.6 Å². The number of aliphatic hydroxyl groups excluding tert-OH is 3. The highest BCUT2D eigenvalue weighted by Gasteiger charge is 2.48. The Morgan fingerprint density at radius 1 is 0.959 bits per heavy atom. The van der Waals surface area contributed by atoms with Crippen LogP contribution in [0.1, 0.15) is 61.6 Å². The fourth-order valence-electron chi connectivity index (χ4n) is 6.13. The zero-order valence-corrected chi connectivity index (χ0v) is 28.3. The number of carboxylic acids is 1. The van der Waals surface area contributed by atoms with Gasteiger partial charge in [0.05, 0.1) is 18.3 Å². The lowest BCUT2D eigenvalue weighted by atomic mass is 9.95. The van der Waals surface area contributed by atoms with Crippen LogP contribution in [0, 0.1) is 0 Å². The molecule has 1 saturated heterocycles. The number of carbonyl (C=O) groups excluding carboxylic acids is 1. The lowest BCUT2D eigenvalue weighted by molar-refractivity contribution is -0.226. The molecule has 5 N–H and O–H groups in total. The monoisotopic (exact) mass is 714 g/mol. The van der Waals surface area contributed by atoms with Crippen molar-refractivity contribution >= 4 is 35.1 Å². The molecule has 6 rings (SSSR count). The molecule has 11 nitrogen and oxygen atoms in total. The average Bonchev–Trinajstić information content (AvgIpc) is 4.04. The van der Waals surface area contributed by atoms with E-state index in [1.54, 1.807) is 6.20 Å². The predicted molar refractivity (Wildman–Crippen MR) is 180 cm³/mol. The van der Waals surface area contributed by atoms with Crippen LogP contribution in [-0.4, -0.2) is 80.5 Å². The Balaban J connectivity index is 0.999. The van der Waals surface area contributed by atoms with Crippen molar-refractivity contribution in [2.75, 3.05) is 6.54 Å². The first-order chi connectivity index (χ1) is 23.6. The highest BCUT2D eigenvalue weighted by molar-refractivity contribution is 6.34. The molecular formula is C36H40Cl2N2O9. The summed E-state index contributed by atoms with van der Waals surface area (Å²) in [6, 6.07) is 13.8. The van der Waals surface area contributed by atoms with Crippen LogP contribution in [0.25, 0.3) is 11.1 Å². The third kappa shape index (κ3) is 8.37. The highest BCUT2D eigenvalue weighted by Crippen LogP contribution is 2.53. The molecule has 1 aromatic heterocycles. The van der Waals surface area contributed by atoms with Crippen molar-refractivity contribution in [2.24, 2.45) is 0 Å². The maximum Gasteiger partial charge on any atom is 0.335 e. The maximum absolute atomic E-state index is 12.4. The second-order valence-electron chi connectivity index (χ2n) is 13.0. The normalized spacial score (nSPS) is 24.3. The zero-order chi connectivity index (χ0) is 34.7. The number of aliphatic hydroxyl groups is 3. The molecule has 0 unspecified atom stereocenters. The number of amides is 1. The van der Waals surface area contributed by atoms with Crippen molar-refractivity contribution in [2.45, 2.75) is 100 Å². The summed E-state index contributed by atoms with van der Waals surface area (Å²) in [4.78, 5) is 28.1. The third-order valence-electron chi connectivity index (χ3n) is 9.29. The Bertz CT molecular complexity index is 1670. The molecule has 0 radical (unpaired) electrons. The van der Waals surface area contributed by atoms with E-state index in [2.05, 4.69) is 16.4 Å². The van der Waals surface area contributed by atoms with Crippen LogP contribution >= 0.6 is 23.2 Å². The standard InChI is InChI=1S/C36H40Cl2N2O9/c37-26-16-21(19-47-36(12-13-36)25-17-39-14-11-23(25)24-6-2-3-7-28(24)48-22-9-10-22)27(38)15-20(26)5-1-4-8-30(41)40-18-29-31(42)32(43)33(44)34(49-29)35(45)46/h2-3,6-7,11,14-17,22,29,31-34,42-44H,1,4-5,8-10,12-13,18-19H2,(H,40,41)(H,45,46)/t29-,31-,32+,33-,34-/m0/s1. The molecule has 5 atom stereocenters. The van der Waals surface area contributed by atoms with Gasteiger partial charge in [0.1, 0.15) is 30.2 Å². The number of hydrogen-bond donors (Lipinski definition) is 5. The van der Waals surface area contributed by atoms with Crippen LogP contribution < -0.4 is 10.1 Å². The van der Waals surface area contributed by atoms with E-state index < -0.39 is 42.1 Å². The van der Waals surface area contributed by atoms with Gasteiger partial charge in [0.15, 0.2) is 6.10 Å². The van der Waals surface area contributed by atoms with Gasteiger partial charge < -0.3 is 40.0 Å². The number of nitrogens with one attached hydrogen (secondary N) is 1. The number of rotatable bonds is 15. The molecule has 262 valence electrons. The largest absolute Gasteiger partial charge is 0.490 e. The van der Waals surface area contributed by atoms with Crippen molar-refractivity contribution < 1.29 is 44.2 Å². The van der Waals surface area contributed by atoms with E-state index in [1.807, 2.05) is 42.6 Å². The first-order valence-electron chi connectivity index (χ1n) is 16.6. The smallest absolute Gasteiger partial charge is 0.335 e. The number of aryl methyl sites for hydroxylation is 1. The van der Waals surface area contributed by atoms with Gasteiger partial charge >= 0.3 is 5.97 Å². The maximum atomic E-state index is 12.4. The zero-order valence-electron chi connectivity index (χ0n) is 26.8. The summed E-state index contributed by atoms with van der Waals surface area (Å²) in [5.41, 5.74) is 4.24. The molecule has 0 bridgehead atoms. The lowest BCUT2D eigenvalue weighted by Crippen LogP contribution is -2.61. The summed E-state index contributed by atoms with van der Waals surface area (Å²) >= 11 is 13.4. The van der Waals surface area contributed by atoms with Gasteiger partial charge in [-0.1, -0.05) is 41.4 Å². The van der Waals surface area contributed by atoms with Crippen LogP contribution in [0.15, 0.2) is 54.9 Å². The Morgan fingerprint density at radius 2 is 1.69 bits per heavy atom. The highest BCUT2D eigenvalue weighted by atomic mass is 35.5. The number of nitrogens with zero attached hydrogens (tertiary/aromatic N) is 1. The molecule has 49 heavy (non-hydrogen) atoms. The molecule has 0 spiro atoms. The van der Waals surface area contributed by atoms with Crippen LogP contribution in [-0.2, 0) is 37.7 Å². The lowest BCUT2D eigenvalue weighted by Gasteiger charge is -2.38. The first-order valence-corrected chi connectivity index (χ1v) is 17.3. The van der Waals surface area contributed by atoms with Crippen molar-refractivity contribution in [1.82, 2.24) is 10.3 Å². The minimum atomic E-state index is -1.78. The summed E-state index contributed by atoms with van der Waals surface area (Å²) in [7, 11) is 0. The fourth-order valence-corrected chi connectivity index (χ4v) is 6.65. The molecule has 3 aliphatic rings. The molecule has 2 aliphatic carbocycles. The van der Waals surface area contributed by atoms with Gasteiger partial charge in [0.25, 0.3) is 0 Å². The number of ether oxygens (including phenoxy) is 3. The van der Waals surface area contributed by atoms with Gasteiger partial charge in [-0.3, -0.25) is 9.78 Å². The number of unbranched alkanes of at least 4 members (excludes halogenated alkanes) is 1. The topological polar surface area (TPSA) is 168 Å². The Kier molecular flexibility index (Phi) is 11.1. The molecule has 3 fully saturated rings. The summed E-state index contributed by atoms with van der Waals surface area (Å²) in [5.74, 6) is -0.938. The minimum absolute atomic E-state index is 0.170. The average molecular weight is 716 g/mol. The Morgan fingerprint density at radius 3 is 2.43 bits per heavy atom. The number of para-hydroxylation sites is 1. The van der Waals surface area contributed by atoms with Gasteiger partial charge in [-0.05, 0) is 85.9 Å². The van der Waals surface area contributed by atoms with Crippen LogP contribution in [0.5, 0.6) is 5.75 Å². The van der Waals surface area contributed by atoms with Gasteiger partial charge in [-0.25, -0.2) is 4.79 Å². The van der Waals surface area contributed by atoms with Crippen molar-refractivity contribution in [3.63, 3.8) is 0 Å². The van der Waals surface area contributed by atoms with E-state index in [1.165, 1.54) is 0 Å². The van der Waals surface area contributed by atoms with E-state index in [9.17, 15) is 30.0 Å². The summed E-state index contributed by atoms with van der Waals surface area (Å²) in [6.07, 6.45) is 1.81. The van der Waals surface area contributed by atoms with Crippen LogP contribution in [0.2, 0.25) is 10.0 Å². The van der Waals surface area contributed by atoms with E-state index in [0.29, 0.717) is 29.3 Å². The molecule has 2 heterocycles. The molecule has 2 aromatic carbocycles. The Labute approximate surface area is 294 Å². The van der Waals surface area contributed by atoms with Gasteiger partial charge in [-0.2, -0.15) is 0 Å². The van der Waals surface area contributed by atoms with E-state index in [0.717, 1.165) is 59.3 Å². The SMILES string of the molecule is O=C(CCCCc1cc(Cl)c(COC2(c3cnccc3-c3ccccc3OC3CC3)CC2)cc1Cl)NC[C@@H]1O[C@H](C(=O)O)[C@@H](O)[C@H](O)[C@H]1O. The minimum Gasteiger partial charge on any atom is -0.490 e. The molecule has 1 amide bonds. The number of hydrogen-bond acceptors (Lipinski definition) is 9. The van der Waals surface area contributed by atoms with E-state index in [4.69, 9.17) is 37.4 Å². The van der Waals surface area contributed by atoms with Crippen LogP contribution in [0.4, 0.5) is 0 Å². The predicted octanol–water partition coefficient (Wildman–Crippen LogP) is 4.57. The number of aromatic nitrogens is 1. The number of benzene rings is 2. The van der Waals surface area contributed by atoms with E-state index >= 15 is 0 Å². The second kappa shape index (κ2) is 15.3. The summed E-state index contributed by atoms with van der Waals surface area (Å²) < 4.78 is 18.0. The van der Waals surface area contributed by atoms with Crippen molar-refractivity contribution in [3.8, 4) is 16.9 Å². The number of pyridine rings is 1. The van der Waals surface area contributed by atoms with Gasteiger partial charge in [-0.15, -0.1) is 0 Å². The third-order valence-corrected chi connectivity index (χ3v) is 9.99. The molecule has 13 heteroatoms. The number of halogens is 2. The number of aliphatic carboxylic acids is 1. The summed E-state index contributed by atoms with van der Waals surface area (Å²) in [5, 5.41) is 42.8. The fraction of sp³-hybridized carbons (Fsp3) is 0.472. The van der Waals surface area contributed by atoms with Gasteiger partial charge in [0, 0.05) is 46.5 Å². The first kappa shape index (κ1) is 35.5. The second-order valence-corrected chi connectivity index (χ2v) is 13.8. The number of carbonyl (C=O) groups is 2. The van der Waals surface area contributed by atoms with Crippen molar-refractivity contribution in [1.29, 1.82) is 0 Å². The number of carboxylic acid groups (broad SMARTS) is 1. The molecule has 3 aromatic rings. The van der Waals surface area contributed by atoms with Gasteiger partial charge in [0.2, 0.25) is 5.91 Å². The molecule has 2 saturated carbocycles. The quantitative estimate of drug-likeness (QED) is 0.141.